The summed E-state index contributed by atoms with van der Waals surface area (Å²) in [5, 5.41) is 3.00. The first-order valence-corrected chi connectivity index (χ1v) is 6.05. The molecule has 1 N–H and O–H groups in total. The highest BCUT2D eigenvalue weighted by Crippen LogP contribution is 2.30. The van der Waals surface area contributed by atoms with E-state index in [4.69, 9.17) is 0 Å². The second kappa shape index (κ2) is 5.38. The number of nitrogens with zero attached hydrogens (tertiary/aromatic N) is 1. The summed E-state index contributed by atoms with van der Waals surface area (Å²) in [4.78, 5) is 0. The minimum Gasteiger partial charge on any atom is -0.381 e. The van der Waals surface area contributed by atoms with Crippen LogP contribution in [0.4, 0.5) is 18.9 Å². The smallest absolute Gasteiger partial charge is 0.381 e. The Bertz CT molecular complexity index is 544. The fourth-order valence-electron chi connectivity index (χ4n) is 1.80. The number of aromatic nitrogens is 1. The van der Waals surface area contributed by atoms with E-state index in [-0.39, 0.29) is 0 Å². The Balaban J connectivity index is 2.03. The van der Waals surface area contributed by atoms with Crippen molar-refractivity contribution >= 4 is 5.69 Å². The molecule has 0 unspecified atom stereocenters. The van der Waals surface area contributed by atoms with Gasteiger partial charge in [0.15, 0.2) is 0 Å². The van der Waals surface area contributed by atoms with Crippen LogP contribution in [0, 0.1) is 0 Å². The largest absolute Gasteiger partial charge is 0.416 e. The van der Waals surface area contributed by atoms with Crippen molar-refractivity contribution in [2.24, 2.45) is 0 Å². The van der Waals surface area contributed by atoms with Gasteiger partial charge in [-0.05, 0) is 36.8 Å². The lowest BCUT2D eigenvalue weighted by atomic mass is 10.2. The van der Waals surface area contributed by atoms with Crippen molar-refractivity contribution in [2.75, 3.05) is 5.32 Å². The number of hydrogen-bond donors (Lipinski definition) is 1. The molecule has 0 aliphatic heterocycles. The van der Waals surface area contributed by atoms with Crippen molar-refractivity contribution in [3.8, 4) is 0 Å². The summed E-state index contributed by atoms with van der Waals surface area (Å²) in [6, 6.07) is 7.17. The van der Waals surface area contributed by atoms with E-state index >= 15 is 0 Å². The van der Waals surface area contributed by atoms with E-state index in [0.717, 1.165) is 24.2 Å². The van der Waals surface area contributed by atoms with Crippen LogP contribution in [-0.2, 0) is 19.3 Å². The van der Waals surface area contributed by atoms with Crippen LogP contribution in [-0.4, -0.2) is 4.57 Å². The Labute approximate surface area is 109 Å². The lowest BCUT2D eigenvalue weighted by Crippen LogP contribution is -2.06. The zero-order valence-electron chi connectivity index (χ0n) is 10.5. The van der Waals surface area contributed by atoms with Gasteiger partial charge in [0.1, 0.15) is 0 Å². The van der Waals surface area contributed by atoms with Crippen molar-refractivity contribution in [1.29, 1.82) is 0 Å². The average molecular weight is 268 g/mol. The van der Waals surface area contributed by atoms with Crippen LogP contribution in [0.25, 0.3) is 0 Å². The summed E-state index contributed by atoms with van der Waals surface area (Å²) in [6.45, 7) is 3.42. The predicted octanol–water partition coefficient (Wildman–Crippen LogP) is 4.14. The monoisotopic (exact) mass is 268 g/mol. The normalized spacial score (nSPS) is 11.6. The van der Waals surface area contributed by atoms with Gasteiger partial charge < -0.3 is 9.88 Å². The third-order valence-corrected chi connectivity index (χ3v) is 2.86. The Kier molecular flexibility index (Phi) is 3.83. The Morgan fingerprint density at radius 1 is 1.21 bits per heavy atom. The summed E-state index contributed by atoms with van der Waals surface area (Å²) in [5.41, 5.74) is 0.877. The van der Waals surface area contributed by atoms with Gasteiger partial charge in [0.25, 0.3) is 0 Å². The van der Waals surface area contributed by atoms with Gasteiger partial charge in [0.05, 0.1) is 5.56 Å². The maximum absolute atomic E-state index is 12.5. The highest BCUT2D eigenvalue weighted by atomic mass is 19.4. The highest BCUT2D eigenvalue weighted by Gasteiger charge is 2.30. The fourth-order valence-corrected chi connectivity index (χ4v) is 1.80. The van der Waals surface area contributed by atoms with Crippen molar-refractivity contribution in [3.05, 3.63) is 53.9 Å². The van der Waals surface area contributed by atoms with E-state index in [1.165, 1.54) is 6.07 Å². The van der Waals surface area contributed by atoms with Crippen LogP contribution in [0.3, 0.4) is 0 Å². The fraction of sp³-hybridized carbons (Fsp3) is 0.286. The number of nitrogens with one attached hydrogen (secondary N) is 1. The molecule has 1 heterocycles. The molecular weight excluding hydrogens is 253 g/mol. The summed E-state index contributed by atoms with van der Waals surface area (Å²) in [7, 11) is 0. The number of benzene rings is 1. The quantitative estimate of drug-likeness (QED) is 0.881. The summed E-state index contributed by atoms with van der Waals surface area (Å²) < 4.78 is 39.7. The van der Waals surface area contributed by atoms with Gasteiger partial charge in [-0.2, -0.15) is 13.2 Å². The second-order valence-electron chi connectivity index (χ2n) is 4.28. The van der Waals surface area contributed by atoms with Crippen molar-refractivity contribution < 1.29 is 13.2 Å². The molecule has 19 heavy (non-hydrogen) atoms. The molecule has 5 heteroatoms. The standard InChI is InChI=1S/C14H15F3N2/c1-2-19-7-6-11(10-19)9-18-13-5-3-4-12(8-13)14(15,16)17/h3-8,10,18H,2,9H2,1H3. The molecule has 0 radical (unpaired) electrons. The topological polar surface area (TPSA) is 17.0 Å². The first kappa shape index (κ1) is 13.5. The minimum absolute atomic E-state index is 0.471. The van der Waals surface area contributed by atoms with Gasteiger partial charge >= 0.3 is 6.18 Å². The van der Waals surface area contributed by atoms with Crippen molar-refractivity contribution in [1.82, 2.24) is 4.57 Å². The number of anilines is 1. The Morgan fingerprint density at radius 2 is 2.00 bits per heavy atom. The van der Waals surface area contributed by atoms with E-state index in [1.807, 2.05) is 30.0 Å². The molecule has 0 saturated carbocycles. The van der Waals surface area contributed by atoms with Crippen LogP contribution in [0.15, 0.2) is 42.7 Å². The number of hydrogen-bond acceptors (Lipinski definition) is 1. The van der Waals surface area contributed by atoms with Crippen LogP contribution in [0.2, 0.25) is 0 Å². The molecule has 1 aromatic heterocycles. The molecule has 0 bridgehead atoms. The average Bonchev–Trinajstić information content (AvgIpc) is 2.84. The highest BCUT2D eigenvalue weighted by molar-refractivity contribution is 5.46. The first-order chi connectivity index (χ1) is 8.99. The molecule has 2 nitrogen and oxygen atoms in total. The number of rotatable bonds is 4. The van der Waals surface area contributed by atoms with E-state index in [9.17, 15) is 13.2 Å². The Hall–Kier alpha value is -1.91. The molecule has 2 rings (SSSR count). The van der Waals surface area contributed by atoms with Crippen LogP contribution >= 0.6 is 0 Å². The SMILES string of the molecule is CCn1ccc(CNc2cccc(C(F)(F)F)c2)c1. The summed E-state index contributed by atoms with van der Waals surface area (Å²) in [5.74, 6) is 0. The number of halogens is 3. The summed E-state index contributed by atoms with van der Waals surface area (Å²) >= 11 is 0. The van der Waals surface area contributed by atoms with Crippen LogP contribution in [0.1, 0.15) is 18.1 Å². The lowest BCUT2D eigenvalue weighted by molar-refractivity contribution is -0.137. The van der Waals surface area contributed by atoms with Crippen LogP contribution in [0.5, 0.6) is 0 Å². The van der Waals surface area contributed by atoms with Gasteiger partial charge in [0, 0.05) is 31.2 Å². The molecule has 0 amide bonds. The van der Waals surface area contributed by atoms with Crippen molar-refractivity contribution in [2.45, 2.75) is 26.2 Å². The van der Waals surface area contributed by atoms with Gasteiger partial charge in [-0.15, -0.1) is 0 Å². The molecule has 0 fully saturated rings. The molecular formula is C14H15F3N2. The molecule has 0 aliphatic rings. The molecule has 0 atom stereocenters. The van der Waals surface area contributed by atoms with Crippen LogP contribution < -0.4 is 5.32 Å². The predicted molar refractivity (Wildman–Crippen MR) is 68.9 cm³/mol. The maximum atomic E-state index is 12.5. The van der Waals surface area contributed by atoms with Gasteiger partial charge in [-0.3, -0.25) is 0 Å². The molecule has 1 aromatic carbocycles. The molecule has 0 aliphatic carbocycles. The van der Waals surface area contributed by atoms with E-state index < -0.39 is 11.7 Å². The first-order valence-electron chi connectivity index (χ1n) is 6.05. The minimum atomic E-state index is -4.30. The molecule has 102 valence electrons. The molecule has 2 aromatic rings. The number of alkyl halides is 3. The third-order valence-electron chi connectivity index (χ3n) is 2.86. The van der Waals surface area contributed by atoms with E-state index in [1.54, 1.807) is 6.07 Å². The molecule has 0 spiro atoms. The number of aryl methyl sites for hydroxylation is 1. The van der Waals surface area contributed by atoms with Crippen molar-refractivity contribution in [3.63, 3.8) is 0 Å². The zero-order chi connectivity index (χ0) is 13.9. The Morgan fingerprint density at radius 3 is 2.63 bits per heavy atom. The van der Waals surface area contributed by atoms with Gasteiger partial charge in [-0.1, -0.05) is 6.07 Å². The van der Waals surface area contributed by atoms with E-state index in [0.29, 0.717) is 12.2 Å². The second-order valence-corrected chi connectivity index (χ2v) is 4.28. The van der Waals surface area contributed by atoms with Gasteiger partial charge in [0.2, 0.25) is 0 Å². The lowest BCUT2D eigenvalue weighted by Gasteiger charge is -2.10. The zero-order valence-corrected chi connectivity index (χ0v) is 10.5. The maximum Gasteiger partial charge on any atom is 0.416 e. The van der Waals surface area contributed by atoms with E-state index in [2.05, 4.69) is 5.32 Å². The third kappa shape index (κ3) is 3.53. The molecule has 0 saturated heterocycles. The summed E-state index contributed by atoms with van der Waals surface area (Å²) in [6.07, 6.45) is -0.382. The van der Waals surface area contributed by atoms with Gasteiger partial charge in [-0.25, -0.2) is 0 Å².